The van der Waals surface area contributed by atoms with Gasteiger partial charge in [0.2, 0.25) is 11.8 Å². The van der Waals surface area contributed by atoms with Crippen molar-refractivity contribution in [2.75, 3.05) is 13.1 Å². The number of hydrogen-bond donors (Lipinski definition) is 2. The lowest BCUT2D eigenvalue weighted by molar-refractivity contribution is -0.138. The van der Waals surface area contributed by atoms with Crippen LogP contribution in [-0.2, 0) is 9.59 Å². The van der Waals surface area contributed by atoms with Crippen molar-refractivity contribution in [3.63, 3.8) is 0 Å². The molecule has 0 spiro atoms. The standard InChI is InChI=1S/C8H13F3N2O2/c1-5(2)7(15)12-3-6(14)13-4-8(9,10)11/h5H,3-4H2,1-2H3,(H,12,15)(H,13,14). The Morgan fingerprint density at radius 1 is 1.20 bits per heavy atom. The number of hydrogen-bond acceptors (Lipinski definition) is 2. The van der Waals surface area contributed by atoms with Crippen LogP contribution in [0.4, 0.5) is 13.2 Å². The molecule has 4 nitrogen and oxygen atoms in total. The highest BCUT2D eigenvalue weighted by Crippen LogP contribution is 2.11. The van der Waals surface area contributed by atoms with E-state index in [1.54, 1.807) is 19.2 Å². The normalized spacial score (nSPS) is 11.3. The Morgan fingerprint density at radius 3 is 2.13 bits per heavy atom. The maximum absolute atomic E-state index is 11.6. The van der Waals surface area contributed by atoms with Gasteiger partial charge in [0, 0.05) is 5.92 Å². The highest BCUT2D eigenvalue weighted by Gasteiger charge is 2.27. The molecule has 0 fully saturated rings. The SMILES string of the molecule is CC(C)C(=O)NCC(=O)NCC(F)(F)F. The lowest BCUT2D eigenvalue weighted by atomic mass is 10.2. The summed E-state index contributed by atoms with van der Waals surface area (Å²) in [6, 6.07) is 0. The predicted molar refractivity (Wildman–Crippen MR) is 46.9 cm³/mol. The Bertz CT molecular complexity index is 239. The molecular formula is C8H13F3N2O2. The third kappa shape index (κ3) is 7.77. The molecular weight excluding hydrogens is 213 g/mol. The highest BCUT2D eigenvalue weighted by atomic mass is 19.4. The molecule has 0 aliphatic heterocycles. The van der Waals surface area contributed by atoms with Crippen LogP contribution >= 0.6 is 0 Å². The fourth-order valence-electron chi connectivity index (χ4n) is 0.633. The van der Waals surface area contributed by atoms with Crippen molar-refractivity contribution in [3.05, 3.63) is 0 Å². The van der Waals surface area contributed by atoms with Gasteiger partial charge in [-0.3, -0.25) is 9.59 Å². The van der Waals surface area contributed by atoms with E-state index in [-0.39, 0.29) is 11.8 Å². The number of halogens is 3. The second kappa shape index (κ2) is 5.57. The first-order chi connectivity index (χ1) is 6.72. The zero-order valence-electron chi connectivity index (χ0n) is 8.44. The highest BCUT2D eigenvalue weighted by molar-refractivity contribution is 5.85. The molecule has 7 heteroatoms. The number of alkyl halides is 3. The molecule has 15 heavy (non-hydrogen) atoms. The number of amides is 2. The molecule has 0 atom stereocenters. The van der Waals surface area contributed by atoms with Gasteiger partial charge in [-0.25, -0.2) is 0 Å². The first kappa shape index (κ1) is 13.7. The summed E-state index contributed by atoms with van der Waals surface area (Å²) in [5.74, 6) is -1.54. The summed E-state index contributed by atoms with van der Waals surface area (Å²) in [6.07, 6.45) is -4.43. The van der Waals surface area contributed by atoms with Gasteiger partial charge in [0.15, 0.2) is 0 Å². The molecule has 0 rings (SSSR count). The van der Waals surface area contributed by atoms with Crippen LogP contribution < -0.4 is 10.6 Å². The van der Waals surface area contributed by atoms with Gasteiger partial charge in [-0.05, 0) is 0 Å². The average molecular weight is 226 g/mol. The Kier molecular flexibility index (Phi) is 5.10. The van der Waals surface area contributed by atoms with Crippen LogP contribution in [0.1, 0.15) is 13.8 Å². The Balaban J connectivity index is 3.72. The van der Waals surface area contributed by atoms with Crippen molar-refractivity contribution < 1.29 is 22.8 Å². The molecule has 0 saturated carbocycles. The van der Waals surface area contributed by atoms with Gasteiger partial charge >= 0.3 is 6.18 Å². The van der Waals surface area contributed by atoms with Crippen molar-refractivity contribution in [2.45, 2.75) is 20.0 Å². The number of nitrogens with one attached hydrogen (secondary N) is 2. The van der Waals surface area contributed by atoms with E-state index in [4.69, 9.17) is 0 Å². The molecule has 2 N–H and O–H groups in total. The van der Waals surface area contributed by atoms with Crippen LogP contribution in [0.3, 0.4) is 0 Å². The number of rotatable bonds is 4. The summed E-state index contributed by atoms with van der Waals surface area (Å²) in [4.78, 5) is 21.7. The molecule has 2 amide bonds. The van der Waals surface area contributed by atoms with Crippen LogP contribution in [0.15, 0.2) is 0 Å². The summed E-state index contributed by atoms with van der Waals surface area (Å²) in [6.45, 7) is 1.41. The summed E-state index contributed by atoms with van der Waals surface area (Å²) in [5.41, 5.74) is 0. The third-order valence-corrected chi connectivity index (χ3v) is 1.43. The van der Waals surface area contributed by atoms with E-state index < -0.39 is 25.2 Å². The van der Waals surface area contributed by atoms with Gasteiger partial charge in [0.1, 0.15) is 6.54 Å². The van der Waals surface area contributed by atoms with Gasteiger partial charge in [0.05, 0.1) is 6.54 Å². The predicted octanol–water partition coefficient (Wildman–Crippen LogP) is 0.437. The van der Waals surface area contributed by atoms with Crippen LogP contribution in [0, 0.1) is 5.92 Å². The summed E-state index contributed by atoms with van der Waals surface area (Å²) < 4.78 is 34.9. The minimum absolute atomic E-state index is 0.305. The second-order valence-electron chi connectivity index (χ2n) is 3.26. The monoisotopic (exact) mass is 226 g/mol. The maximum Gasteiger partial charge on any atom is 0.405 e. The topological polar surface area (TPSA) is 58.2 Å². The molecule has 0 saturated heterocycles. The minimum Gasteiger partial charge on any atom is -0.347 e. The van der Waals surface area contributed by atoms with Gasteiger partial charge in [-0.2, -0.15) is 13.2 Å². The molecule has 0 aromatic heterocycles. The van der Waals surface area contributed by atoms with Gasteiger partial charge in [-0.15, -0.1) is 0 Å². The van der Waals surface area contributed by atoms with Gasteiger partial charge < -0.3 is 10.6 Å². The molecule has 88 valence electrons. The summed E-state index contributed by atoms with van der Waals surface area (Å²) >= 11 is 0. The smallest absolute Gasteiger partial charge is 0.347 e. The van der Waals surface area contributed by atoms with Crippen LogP contribution in [0.2, 0.25) is 0 Å². The summed E-state index contributed by atoms with van der Waals surface area (Å²) in [5, 5.41) is 3.84. The van der Waals surface area contributed by atoms with E-state index in [0.717, 1.165) is 0 Å². The molecule has 0 aromatic rings. The maximum atomic E-state index is 11.6. The molecule has 0 heterocycles. The van der Waals surface area contributed by atoms with Crippen LogP contribution in [-0.4, -0.2) is 31.1 Å². The zero-order valence-corrected chi connectivity index (χ0v) is 8.44. The third-order valence-electron chi connectivity index (χ3n) is 1.43. The van der Waals surface area contributed by atoms with E-state index in [1.807, 2.05) is 0 Å². The van der Waals surface area contributed by atoms with E-state index >= 15 is 0 Å². The lowest BCUT2D eigenvalue weighted by Crippen LogP contribution is -2.41. The van der Waals surface area contributed by atoms with Crippen LogP contribution in [0.25, 0.3) is 0 Å². The van der Waals surface area contributed by atoms with Gasteiger partial charge in [-0.1, -0.05) is 13.8 Å². The first-order valence-corrected chi connectivity index (χ1v) is 4.33. The Hall–Kier alpha value is -1.27. The van der Waals surface area contributed by atoms with E-state index in [0.29, 0.717) is 0 Å². The quantitative estimate of drug-likeness (QED) is 0.730. The fourth-order valence-corrected chi connectivity index (χ4v) is 0.633. The molecule has 0 aliphatic rings. The summed E-state index contributed by atoms with van der Waals surface area (Å²) in [7, 11) is 0. The molecule has 0 bridgehead atoms. The van der Waals surface area contributed by atoms with Gasteiger partial charge in [0.25, 0.3) is 0 Å². The van der Waals surface area contributed by atoms with Crippen molar-refractivity contribution >= 4 is 11.8 Å². The molecule has 0 radical (unpaired) electrons. The fraction of sp³-hybridized carbons (Fsp3) is 0.750. The number of carbonyl (C=O) groups excluding carboxylic acids is 2. The van der Waals surface area contributed by atoms with E-state index in [9.17, 15) is 22.8 Å². The van der Waals surface area contributed by atoms with E-state index in [1.165, 1.54) is 0 Å². The average Bonchev–Trinajstić information content (AvgIpc) is 2.09. The Morgan fingerprint density at radius 2 is 1.73 bits per heavy atom. The van der Waals surface area contributed by atoms with Crippen molar-refractivity contribution in [2.24, 2.45) is 5.92 Å². The zero-order chi connectivity index (χ0) is 12.1. The van der Waals surface area contributed by atoms with Crippen molar-refractivity contribution in [3.8, 4) is 0 Å². The molecule has 0 aliphatic carbocycles. The number of carbonyl (C=O) groups is 2. The Labute approximate surface area is 85.2 Å². The lowest BCUT2D eigenvalue weighted by Gasteiger charge is -2.09. The minimum atomic E-state index is -4.43. The van der Waals surface area contributed by atoms with Crippen LogP contribution in [0.5, 0.6) is 0 Å². The largest absolute Gasteiger partial charge is 0.405 e. The van der Waals surface area contributed by atoms with Crippen molar-refractivity contribution in [1.82, 2.24) is 10.6 Å². The second-order valence-corrected chi connectivity index (χ2v) is 3.26. The van der Waals surface area contributed by atoms with E-state index in [2.05, 4.69) is 5.32 Å². The molecule has 0 unspecified atom stereocenters. The van der Waals surface area contributed by atoms with Crippen molar-refractivity contribution in [1.29, 1.82) is 0 Å². The molecule has 0 aromatic carbocycles. The first-order valence-electron chi connectivity index (χ1n) is 4.33.